The molecule has 3 aliphatic carbocycles. The molecule has 3 fully saturated rings. The van der Waals surface area contributed by atoms with Crippen molar-refractivity contribution in [2.24, 2.45) is 23.7 Å². The second kappa shape index (κ2) is 4.62. The van der Waals surface area contributed by atoms with Gasteiger partial charge >= 0.3 is 0 Å². The summed E-state index contributed by atoms with van der Waals surface area (Å²) in [4.78, 5) is 0. The fourth-order valence-electron chi connectivity index (χ4n) is 5.26. The number of nitrogens with zero attached hydrogens (tertiary/aromatic N) is 2. The molecular weight excluding hydrogens is 234 g/mol. The fourth-order valence-corrected chi connectivity index (χ4v) is 5.26. The minimum absolute atomic E-state index is 0.806. The summed E-state index contributed by atoms with van der Waals surface area (Å²) in [5.74, 6) is 4.24. The molecule has 3 heteroatoms. The molecule has 0 spiro atoms. The van der Waals surface area contributed by atoms with Gasteiger partial charge in [0.05, 0.1) is 12.7 Å². The third-order valence-electron chi connectivity index (χ3n) is 5.94. The SMILES string of the molecule is Cc1cnn(CCNC2CC3CC2C2CCCC32)c1. The summed E-state index contributed by atoms with van der Waals surface area (Å²) in [6.07, 6.45) is 11.6. The maximum atomic E-state index is 4.36. The molecule has 4 rings (SSSR count). The van der Waals surface area contributed by atoms with Crippen LogP contribution in [0.4, 0.5) is 0 Å². The average Bonchev–Trinajstić information content (AvgIpc) is 3.09. The smallest absolute Gasteiger partial charge is 0.0534 e. The van der Waals surface area contributed by atoms with E-state index < -0.39 is 0 Å². The molecule has 19 heavy (non-hydrogen) atoms. The van der Waals surface area contributed by atoms with Crippen LogP contribution < -0.4 is 5.32 Å². The fraction of sp³-hybridized carbons (Fsp3) is 0.812. The Labute approximate surface area is 115 Å². The third kappa shape index (κ3) is 2.03. The maximum Gasteiger partial charge on any atom is 0.0534 e. The van der Waals surface area contributed by atoms with Crippen LogP contribution in [-0.2, 0) is 6.54 Å². The van der Waals surface area contributed by atoms with E-state index in [4.69, 9.17) is 0 Å². The van der Waals surface area contributed by atoms with E-state index in [9.17, 15) is 0 Å². The summed E-state index contributed by atoms with van der Waals surface area (Å²) >= 11 is 0. The van der Waals surface area contributed by atoms with Gasteiger partial charge in [-0.3, -0.25) is 4.68 Å². The molecule has 0 amide bonds. The molecular formula is C16H25N3. The van der Waals surface area contributed by atoms with Gasteiger partial charge in [0.15, 0.2) is 0 Å². The van der Waals surface area contributed by atoms with Gasteiger partial charge in [-0.2, -0.15) is 5.10 Å². The van der Waals surface area contributed by atoms with Crippen LogP contribution in [0.3, 0.4) is 0 Å². The van der Waals surface area contributed by atoms with Crippen molar-refractivity contribution in [3.63, 3.8) is 0 Å². The molecule has 3 aliphatic rings. The van der Waals surface area contributed by atoms with E-state index in [0.717, 1.165) is 42.8 Å². The van der Waals surface area contributed by atoms with E-state index in [2.05, 4.69) is 28.2 Å². The summed E-state index contributed by atoms with van der Waals surface area (Å²) in [6, 6.07) is 0.806. The zero-order chi connectivity index (χ0) is 12.8. The molecule has 1 aromatic rings. The van der Waals surface area contributed by atoms with Gasteiger partial charge in [0.2, 0.25) is 0 Å². The lowest BCUT2D eigenvalue weighted by Gasteiger charge is -2.32. The largest absolute Gasteiger partial charge is 0.312 e. The molecule has 1 N–H and O–H groups in total. The van der Waals surface area contributed by atoms with Crippen LogP contribution in [0.1, 0.15) is 37.7 Å². The standard InChI is InChI=1S/C16H25N3/c1-11-9-18-19(10-11)6-5-17-16-8-12-7-15(16)14-4-2-3-13(12)14/h9-10,12-17H,2-8H2,1H3. The Morgan fingerprint density at radius 1 is 1.26 bits per heavy atom. The number of hydrogen-bond donors (Lipinski definition) is 1. The highest BCUT2D eigenvalue weighted by molar-refractivity contribution is 5.05. The van der Waals surface area contributed by atoms with Gasteiger partial charge in [-0.1, -0.05) is 6.42 Å². The molecule has 0 aromatic carbocycles. The number of hydrogen-bond acceptors (Lipinski definition) is 2. The molecule has 1 heterocycles. The van der Waals surface area contributed by atoms with Gasteiger partial charge in [-0.05, 0) is 61.8 Å². The number of rotatable bonds is 4. The quantitative estimate of drug-likeness (QED) is 0.901. The van der Waals surface area contributed by atoms with Crippen LogP contribution in [0.2, 0.25) is 0 Å². The van der Waals surface area contributed by atoms with Crippen LogP contribution in [0, 0.1) is 30.6 Å². The Hall–Kier alpha value is -0.830. The highest BCUT2D eigenvalue weighted by Gasteiger charge is 2.53. The lowest BCUT2D eigenvalue weighted by molar-refractivity contribution is 0.207. The molecule has 2 bridgehead atoms. The Morgan fingerprint density at radius 3 is 3.00 bits per heavy atom. The molecule has 1 aromatic heterocycles. The van der Waals surface area contributed by atoms with E-state index in [0.29, 0.717) is 0 Å². The van der Waals surface area contributed by atoms with Crippen molar-refractivity contribution in [3.8, 4) is 0 Å². The summed E-state index contributed by atoms with van der Waals surface area (Å²) in [6.45, 7) is 4.19. The summed E-state index contributed by atoms with van der Waals surface area (Å²) < 4.78 is 2.06. The van der Waals surface area contributed by atoms with Gasteiger partial charge in [0.1, 0.15) is 0 Å². The van der Waals surface area contributed by atoms with Gasteiger partial charge < -0.3 is 5.32 Å². The minimum Gasteiger partial charge on any atom is -0.312 e. The van der Waals surface area contributed by atoms with E-state index >= 15 is 0 Å². The Kier molecular flexibility index (Phi) is 2.91. The molecule has 0 radical (unpaired) electrons. The average molecular weight is 259 g/mol. The number of fused-ring (bicyclic) bond motifs is 5. The predicted molar refractivity (Wildman–Crippen MR) is 75.8 cm³/mol. The van der Waals surface area contributed by atoms with Crippen LogP contribution in [0.15, 0.2) is 12.4 Å². The van der Waals surface area contributed by atoms with Crippen molar-refractivity contribution in [1.82, 2.24) is 15.1 Å². The predicted octanol–water partition coefficient (Wildman–Crippen LogP) is 2.61. The third-order valence-corrected chi connectivity index (χ3v) is 5.94. The monoisotopic (exact) mass is 259 g/mol. The van der Waals surface area contributed by atoms with Crippen LogP contribution in [0.5, 0.6) is 0 Å². The first-order valence-corrected chi connectivity index (χ1v) is 8.04. The van der Waals surface area contributed by atoms with E-state index in [-0.39, 0.29) is 0 Å². The normalized spacial score (nSPS) is 39.9. The first-order valence-electron chi connectivity index (χ1n) is 8.04. The van der Waals surface area contributed by atoms with Crippen LogP contribution in [0.25, 0.3) is 0 Å². The van der Waals surface area contributed by atoms with E-state index in [1.54, 1.807) is 0 Å². The van der Waals surface area contributed by atoms with Crippen molar-refractivity contribution < 1.29 is 0 Å². The zero-order valence-corrected chi connectivity index (χ0v) is 11.9. The molecule has 5 atom stereocenters. The topological polar surface area (TPSA) is 29.9 Å². The van der Waals surface area contributed by atoms with Gasteiger partial charge in [-0.15, -0.1) is 0 Å². The van der Waals surface area contributed by atoms with E-state index in [1.165, 1.54) is 37.7 Å². The summed E-state index contributed by atoms with van der Waals surface area (Å²) in [5.41, 5.74) is 1.26. The van der Waals surface area contributed by atoms with Crippen molar-refractivity contribution >= 4 is 0 Å². The van der Waals surface area contributed by atoms with Crippen molar-refractivity contribution in [2.45, 2.75) is 51.6 Å². The Balaban J connectivity index is 1.30. The van der Waals surface area contributed by atoms with Gasteiger partial charge in [-0.25, -0.2) is 0 Å². The van der Waals surface area contributed by atoms with Gasteiger partial charge in [0.25, 0.3) is 0 Å². The number of aryl methyl sites for hydroxylation is 1. The van der Waals surface area contributed by atoms with Crippen molar-refractivity contribution in [1.29, 1.82) is 0 Å². The zero-order valence-electron chi connectivity index (χ0n) is 11.9. The van der Waals surface area contributed by atoms with Crippen LogP contribution >= 0.6 is 0 Å². The molecule has 104 valence electrons. The summed E-state index contributed by atoms with van der Waals surface area (Å²) in [5, 5.41) is 8.18. The molecule has 0 aliphatic heterocycles. The van der Waals surface area contributed by atoms with E-state index in [1.807, 2.05) is 6.20 Å². The number of aromatic nitrogens is 2. The highest BCUT2D eigenvalue weighted by atomic mass is 15.3. The molecule has 3 saturated carbocycles. The van der Waals surface area contributed by atoms with Crippen LogP contribution in [-0.4, -0.2) is 22.4 Å². The van der Waals surface area contributed by atoms with Gasteiger partial charge in [0, 0.05) is 18.8 Å². The van der Waals surface area contributed by atoms with Crippen molar-refractivity contribution in [3.05, 3.63) is 18.0 Å². The lowest BCUT2D eigenvalue weighted by Crippen LogP contribution is -2.40. The minimum atomic E-state index is 0.806. The molecule has 0 saturated heterocycles. The molecule has 3 nitrogen and oxygen atoms in total. The Morgan fingerprint density at radius 2 is 2.16 bits per heavy atom. The first kappa shape index (κ1) is 12.0. The maximum absolute atomic E-state index is 4.36. The Bertz CT molecular complexity index is 453. The summed E-state index contributed by atoms with van der Waals surface area (Å²) in [7, 11) is 0. The molecule has 5 unspecified atom stereocenters. The second-order valence-electron chi connectivity index (χ2n) is 7.00. The second-order valence-corrected chi connectivity index (χ2v) is 7.00. The van der Waals surface area contributed by atoms with Crippen molar-refractivity contribution in [2.75, 3.05) is 6.54 Å². The number of nitrogens with one attached hydrogen (secondary N) is 1. The highest BCUT2D eigenvalue weighted by Crippen LogP contribution is 2.58. The first-order chi connectivity index (χ1) is 9.31. The lowest BCUT2D eigenvalue weighted by atomic mass is 9.79.